The van der Waals surface area contributed by atoms with Crippen LogP contribution < -0.4 is 0 Å². The highest BCUT2D eigenvalue weighted by Gasteiger charge is 2.05. The monoisotopic (exact) mass is 336 g/mol. The van der Waals surface area contributed by atoms with E-state index in [4.69, 9.17) is 33.2 Å². The molecule has 0 aliphatic rings. The van der Waals surface area contributed by atoms with Gasteiger partial charge in [0.15, 0.2) is 0 Å². The summed E-state index contributed by atoms with van der Waals surface area (Å²) in [6.07, 6.45) is 0. The Bertz CT molecular complexity index is 725. The summed E-state index contributed by atoms with van der Waals surface area (Å²) in [6, 6.07) is 21.9. The highest BCUT2D eigenvalue weighted by molar-refractivity contribution is 7.54. The zero-order valence-corrected chi connectivity index (χ0v) is 13.9. The van der Waals surface area contributed by atoms with Crippen LogP contribution in [-0.2, 0) is 0 Å². The van der Waals surface area contributed by atoms with Gasteiger partial charge in [0.2, 0.25) is 0 Å². The molecule has 0 saturated carbocycles. The van der Waals surface area contributed by atoms with Crippen LogP contribution in [0.4, 0.5) is 0 Å². The summed E-state index contributed by atoms with van der Waals surface area (Å²) in [4.78, 5) is 0. The average Bonchev–Trinajstić information content (AvgIpc) is 2.44. The molecule has 0 unspecified atom stereocenters. The third-order valence-electron chi connectivity index (χ3n) is 3.39. The number of rotatable bonds is 0. The SMILES string of the molecule is Cl[SiH](Cl)Cl.c1cc2ccc3cccc4ccc(c1)c2c34. The minimum absolute atomic E-state index is 1.34. The zero-order valence-electron chi connectivity index (χ0n) is 10.5. The first-order valence-corrected chi connectivity index (χ1v) is 11.5. The lowest BCUT2D eigenvalue weighted by atomic mass is 9.95. The van der Waals surface area contributed by atoms with Crippen molar-refractivity contribution in [2.45, 2.75) is 0 Å². The maximum Gasteiger partial charge on any atom is 0.326 e. The predicted octanol–water partition coefficient (Wildman–Crippen LogP) is 6.00. The second-order valence-electron chi connectivity index (χ2n) is 4.54. The Morgan fingerprint density at radius 1 is 0.500 bits per heavy atom. The zero-order chi connectivity index (χ0) is 14.1. The highest BCUT2D eigenvalue weighted by Crippen LogP contribution is 2.33. The molecule has 100 valence electrons. The first-order valence-electron chi connectivity index (χ1n) is 6.21. The second-order valence-corrected chi connectivity index (χ2v) is 11.0. The Balaban J connectivity index is 0.000000272. The van der Waals surface area contributed by atoms with Crippen molar-refractivity contribution in [1.82, 2.24) is 0 Å². The summed E-state index contributed by atoms with van der Waals surface area (Å²) < 4.78 is 0. The standard InChI is InChI=1S/C16H10.Cl3HSi/c1-3-11-7-9-13-5-2-6-14-10-8-12(4-1)15(11)16(13)14;1-4(2)3/h1-10H;4H. The molecule has 0 nitrogen and oxygen atoms in total. The lowest BCUT2D eigenvalue weighted by molar-refractivity contribution is 1.78. The molecule has 0 aliphatic carbocycles. The molecular weight excluding hydrogens is 327 g/mol. The van der Waals surface area contributed by atoms with Crippen LogP contribution in [0, 0.1) is 0 Å². The quantitative estimate of drug-likeness (QED) is 0.209. The molecule has 0 saturated heterocycles. The molecule has 4 aromatic carbocycles. The van der Waals surface area contributed by atoms with Crippen LogP contribution in [0.1, 0.15) is 0 Å². The van der Waals surface area contributed by atoms with Crippen LogP contribution >= 0.6 is 33.2 Å². The molecule has 0 atom stereocenters. The van der Waals surface area contributed by atoms with Gasteiger partial charge in [0.05, 0.1) is 0 Å². The van der Waals surface area contributed by atoms with E-state index in [9.17, 15) is 0 Å². The Kier molecular flexibility index (Phi) is 4.04. The fraction of sp³-hybridized carbons (Fsp3) is 0. The number of benzene rings is 4. The summed E-state index contributed by atoms with van der Waals surface area (Å²) in [5, 5.41) is 8.14. The molecule has 4 aromatic rings. The molecule has 0 aromatic heterocycles. The van der Waals surface area contributed by atoms with Gasteiger partial charge in [-0.3, -0.25) is 0 Å². The fourth-order valence-corrected chi connectivity index (χ4v) is 2.67. The van der Waals surface area contributed by atoms with Crippen LogP contribution in [0.2, 0.25) is 0 Å². The maximum atomic E-state index is 4.94. The number of halogens is 3. The van der Waals surface area contributed by atoms with Crippen LogP contribution in [0.25, 0.3) is 32.3 Å². The van der Waals surface area contributed by atoms with E-state index < -0.39 is 6.73 Å². The molecule has 0 spiro atoms. The van der Waals surface area contributed by atoms with Crippen molar-refractivity contribution in [3.05, 3.63) is 60.7 Å². The molecule has 0 amide bonds. The summed E-state index contributed by atoms with van der Waals surface area (Å²) in [5.41, 5.74) is 0. The Morgan fingerprint density at radius 3 is 1.00 bits per heavy atom. The van der Waals surface area contributed by atoms with Gasteiger partial charge < -0.3 is 0 Å². The Labute approximate surface area is 132 Å². The summed E-state index contributed by atoms with van der Waals surface area (Å²) in [7, 11) is 0. The van der Waals surface area contributed by atoms with E-state index in [0.29, 0.717) is 0 Å². The van der Waals surface area contributed by atoms with Crippen LogP contribution in [0.3, 0.4) is 0 Å². The minimum atomic E-state index is -1.72. The van der Waals surface area contributed by atoms with Crippen molar-refractivity contribution >= 4 is 72.3 Å². The predicted molar refractivity (Wildman–Crippen MR) is 94.9 cm³/mol. The van der Waals surface area contributed by atoms with Crippen molar-refractivity contribution in [2.75, 3.05) is 0 Å². The highest BCUT2D eigenvalue weighted by atomic mass is 35.8. The van der Waals surface area contributed by atoms with Crippen molar-refractivity contribution in [3.63, 3.8) is 0 Å². The van der Waals surface area contributed by atoms with E-state index in [1.54, 1.807) is 0 Å². The van der Waals surface area contributed by atoms with E-state index in [1.807, 2.05) is 0 Å². The summed E-state index contributed by atoms with van der Waals surface area (Å²) in [6.45, 7) is -1.72. The summed E-state index contributed by atoms with van der Waals surface area (Å²) in [5.74, 6) is 0. The molecule has 20 heavy (non-hydrogen) atoms. The smallest absolute Gasteiger partial charge is 0.130 e. The molecule has 0 radical (unpaired) electrons. The van der Waals surface area contributed by atoms with E-state index in [1.165, 1.54) is 32.3 Å². The van der Waals surface area contributed by atoms with Gasteiger partial charge in [-0.05, 0) is 32.3 Å². The van der Waals surface area contributed by atoms with Crippen molar-refractivity contribution in [2.24, 2.45) is 0 Å². The van der Waals surface area contributed by atoms with Crippen LogP contribution in [0.5, 0.6) is 0 Å². The molecule has 0 aliphatic heterocycles. The molecule has 0 bridgehead atoms. The van der Waals surface area contributed by atoms with Gasteiger partial charge >= 0.3 is 6.73 Å². The van der Waals surface area contributed by atoms with Crippen molar-refractivity contribution in [1.29, 1.82) is 0 Å². The third-order valence-corrected chi connectivity index (χ3v) is 3.39. The average molecular weight is 338 g/mol. The number of hydrogen-bond donors (Lipinski definition) is 0. The Morgan fingerprint density at radius 2 is 0.750 bits per heavy atom. The van der Waals surface area contributed by atoms with Gasteiger partial charge in [0, 0.05) is 0 Å². The minimum Gasteiger partial charge on any atom is -0.130 e. The largest absolute Gasteiger partial charge is 0.326 e. The first kappa shape index (κ1) is 14.0. The van der Waals surface area contributed by atoms with Crippen LogP contribution in [-0.4, -0.2) is 6.73 Å². The van der Waals surface area contributed by atoms with E-state index in [-0.39, 0.29) is 0 Å². The van der Waals surface area contributed by atoms with Crippen LogP contribution in [0.15, 0.2) is 60.7 Å². The van der Waals surface area contributed by atoms with Gasteiger partial charge in [-0.1, -0.05) is 60.7 Å². The molecule has 4 rings (SSSR count). The fourth-order valence-electron chi connectivity index (χ4n) is 2.67. The van der Waals surface area contributed by atoms with Gasteiger partial charge in [0.1, 0.15) is 0 Å². The van der Waals surface area contributed by atoms with Gasteiger partial charge in [-0.15, -0.1) is 33.2 Å². The van der Waals surface area contributed by atoms with E-state index in [2.05, 4.69) is 60.7 Å². The molecule has 4 heteroatoms. The van der Waals surface area contributed by atoms with Gasteiger partial charge in [-0.2, -0.15) is 0 Å². The van der Waals surface area contributed by atoms with Gasteiger partial charge in [0.25, 0.3) is 0 Å². The topological polar surface area (TPSA) is 0 Å². The molecule has 0 N–H and O–H groups in total. The summed E-state index contributed by atoms with van der Waals surface area (Å²) >= 11 is 14.8. The van der Waals surface area contributed by atoms with E-state index in [0.717, 1.165) is 0 Å². The molecular formula is C16H11Cl3Si. The lowest BCUT2D eigenvalue weighted by Crippen LogP contribution is -1.82. The number of hydrogen-bond acceptors (Lipinski definition) is 0. The first-order chi connectivity index (χ1) is 9.66. The second kappa shape index (κ2) is 5.78. The van der Waals surface area contributed by atoms with Gasteiger partial charge in [-0.25, -0.2) is 0 Å². The third kappa shape index (κ3) is 2.59. The molecule has 0 fully saturated rings. The molecule has 0 heterocycles. The normalized spacial score (nSPS) is 11.2. The van der Waals surface area contributed by atoms with Crippen molar-refractivity contribution < 1.29 is 0 Å². The maximum absolute atomic E-state index is 4.94. The van der Waals surface area contributed by atoms with E-state index >= 15 is 0 Å². The Hall–Kier alpha value is -0.993. The lowest BCUT2D eigenvalue weighted by Gasteiger charge is -2.09. The van der Waals surface area contributed by atoms with Crippen molar-refractivity contribution in [3.8, 4) is 0 Å².